The molecule has 162 valence electrons. The Morgan fingerprint density at radius 1 is 0.938 bits per heavy atom. The van der Waals surface area contributed by atoms with Gasteiger partial charge < -0.3 is 0 Å². The Labute approximate surface area is 188 Å². The molecular weight excluding hydrogens is 416 g/mol. The topological polar surface area (TPSA) is 42.3 Å². The van der Waals surface area contributed by atoms with Crippen LogP contribution in [0.1, 0.15) is 30.4 Å². The van der Waals surface area contributed by atoms with Crippen LogP contribution in [0.3, 0.4) is 0 Å². The first-order chi connectivity index (χ1) is 15.5. The molecule has 2 aliphatic rings. The zero-order valence-corrected chi connectivity index (χ0v) is 19.0. The number of aryl methyl sites for hydroxylation is 1. The van der Waals surface area contributed by atoms with Crippen molar-refractivity contribution in [2.24, 2.45) is 0 Å². The van der Waals surface area contributed by atoms with Gasteiger partial charge in [-0.25, -0.2) is 12.4 Å². The van der Waals surface area contributed by atoms with Gasteiger partial charge in [-0.15, -0.1) is 0 Å². The van der Waals surface area contributed by atoms with E-state index >= 15 is 0 Å². The van der Waals surface area contributed by atoms with E-state index in [0.717, 1.165) is 45.8 Å². The summed E-state index contributed by atoms with van der Waals surface area (Å²) in [5.74, 6) is 0. The summed E-state index contributed by atoms with van der Waals surface area (Å²) in [6.07, 6.45) is 7.63. The van der Waals surface area contributed by atoms with Gasteiger partial charge >= 0.3 is 0 Å². The molecule has 0 amide bonds. The molecule has 1 saturated heterocycles. The normalized spacial score (nSPS) is 19.4. The predicted octanol–water partition coefficient (Wildman–Crippen LogP) is 5.59. The number of benzene rings is 3. The van der Waals surface area contributed by atoms with Crippen molar-refractivity contribution in [1.82, 2.24) is 8.87 Å². The van der Waals surface area contributed by atoms with E-state index in [1.807, 2.05) is 61.7 Å². The molecule has 4 nitrogen and oxygen atoms in total. The molecule has 2 aliphatic heterocycles. The summed E-state index contributed by atoms with van der Waals surface area (Å²) in [6, 6.07) is 19.8. The lowest BCUT2D eigenvalue weighted by Crippen LogP contribution is -2.32. The first-order valence-electron chi connectivity index (χ1n) is 11.3. The highest BCUT2D eigenvalue weighted by Gasteiger charge is 2.30. The molecule has 3 aromatic carbocycles. The first kappa shape index (κ1) is 19.8. The molecule has 3 heterocycles. The van der Waals surface area contributed by atoms with Gasteiger partial charge in [-0.05, 0) is 55.3 Å². The largest absolute Gasteiger partial charge is 0.296 e. The fourth-order valence-electron chi connectivity index (χ4n) is 5.54. The third-order valence-electron chi connectivity index (χ3n) is 7.15. The van der Waals surface area contributed by atoms with E-state index in [-0.39, 0.29) is 0 Å². The molecule has 4 aromatic rings. The van der Waals surface area contributed by atoms with E-state index in [2.05, 4.69) is 17.0 Å². The zero-order valence-electron chi connectivity index (χ0n) is 18.2. The maximum atomic E-state index is 14.0. The molecule has 32 heavy (non-hydrogen) atoms. The third-order valence-corrected chi connectivity index (χ3v) is 8.87. The molecule has 0 unspecified atom stereocenters. The zero-order chi connectivity index (χ0) is 21.9. The van der Waals surface area contributed by atoms with Crippen LogP contribution in [0.5, 0.6) is 0 Å². The summed E-state index contributed by atoms with van der Waals surface area (Å²) >= 11 is 0. The molecule has 0 bridgehead atoms. The smallest absolute Gasteiger partial charge is 0.268 e. The van der Waals surface area contributed by atoms with Crippen LogP contribution in [0.25, 0.3) is 27.2 Å². The van der Waals surface area contributed by atoms with Gasteiger partial charge in [0.05, 0.1) is 10.4 Å². The van der Waals surface area contributed by atoms with E-state index in [1.54, 1.807) is 6.07 Å². The Balaban J connectivity index is 1.57. The van der Waals surface area contributed by atoms with Gasteiger partial charge in [-0.2, -0.15) is 0 Å². The van der Waals surface area contributed by atoms with Gasteiger partial charge in [0.25, 0.3) is 10.0 Å². The van der Waals surface area contributed by atoms with Crippen molar-refractivity contribution in [2.45, 2.75) is 37.1 Å². The van der Waals surface area contributed by atoms with Crippen LogP contribution < -0.4 is 0 Å². The van der Waals surface area contributed by atoms with Crippen LogP contribution in [0.4, 0.5) is 0 Å². The lowest BCUT2D eigenvalue weighted by Gasteiger charge is -2.29. The van der Waals surface area contributed by atoms with E-state index in [4.69, 9.17) is 0 Å². The SMILES string of the molecule is Cc1cccc2c(C3=CCN4CCC[C@H]4C3)cn(S(=O)(=O)c3cccc4ccccc34)c12. The maximum Gasteiger partial charge on any atom is 0.268 e. The Kier molecular flexibility index (Phi) is 4.52. The number of para-hydroxylation sites is 1. The molecule has 0 N–H and O–H groups in total. The highest BCUT2D eigenvalue weighted by atomic mass is 32.2. The van der Waals surface area contributed by atoms with Crippen molar-refractivity contribution >= 4 is 37.3 Å². The lowest BCUT2D eigenvalue weighted by atomic mass is 9.93. The molecule has 6 rings (SSSR count). The second kappa shape index (κ2) is 7.32. The number of nitrogens with zero attached hydrogens (tertiary/aromatic N) is 2. The average Bonchev–Trinajstić information content (AvgIpc) is 3.44. The van der Waals surface area contributed by atoms with Gasteiger partial charge in [-0.3, -0.25) is 4.90 Å². The number of aromatic nitrogens is 1. The summed E-state index contributed by atoms with van der Waals surface area (Å²) < 4.78 is 29.6. The van der Waals surface area contributed by atoms with Crippen molar-refractivity contribution in [3.63, 3.8) is 0 Å². The van der Waals surface area contributed by atoms with Gasteiger partial charge in [0.15, 0.2) is 0 Å². The summed E-state index contributed by atoms with van der Waals surface area (Å²) in [6.45, 7) is 4.12. The number of rotatable bonds is 3. The van der Waals surface area contributed by atoms with Crippen molar-refractivity contribution in [1.29, 1.82) is 0 Å². The van der Waals surface area contributed by atoms with E-state index in [0.29, 0.717) is 10.9 Å². The summed E-state index contributed by atoms with van der Waals surface area (Å²) in [4.78, 5) is 2.89. The molecule has 0 aliphatic carbocycles. The van der Waals surface area contributed by atoms with Crippen LogP contribution in [-0.2, 0) is 10.0 Å². The molecule has 0 saturated carbocycles. The van der Waals surface area contributed by atoms with Crippen molar-refractivity contribution < 1.29 is 8.42 Å². The Hall–Kier alpha value is -2.89. The highest BCUT2D eigenvalue weighted by Crippen LogP contribution is 2.38. The minimum atomic E-state index is -3.77. The summed E-state index contributed by atoms with van der Waals surface area (Å²) in [5, 5.41) is 2.70. The van der Waals surface area contributed by atoms with E-state index in [9.17, 15) is 8.42 Å². The Morgan fingerprint density at radius 2 is 1.72 bits per heavy atom. The molecule has 5 heteroatoms. The number of hydrogen-bond acceptors (Lipinski definition) is 3. The standard InChI is InChI=1S/C27H26N2O2S/c1-19-7-4-12-24-25(21-14-16-28-15-6-10-22(28)17-21)18-29(27(19)24)32(30,31)26-13-5-9-20-8-2-3-11-23(20)26/h2-5,7-9,11-14,18,22H,6,10,15-17H2,1H3/t22-/m0/s1. The molecule has 1 fully saturated rings. The van der Waals surface area contributed by atoms with Crippen LogP contribution in [0.2, 0.25) is 0 Å². The first-order valence-corrected chi connectivity index (χ1v) is 12.8. The molecule has 1 aromatic heterocycles. The third kappa shape index (κ3) is 2.95. The van der Waals surface area contributed by atoms with Crippen LogP contribution in [-0.4, -0.2) is 36.4 Å². The number of hydrogen-bond donors (Lipinski definition) is 0. The quantitative estimate of drug-likeness (QED) is 0.415. The molecule has 1 atom stereocenters. The van der Waals surface area contributed by atoms with Crippen molar-refractivity contribution in [3.05, 3.63) is 84.1 Å². The Morgan fingerprint density at radius 3 is 2.62 bits per heavy atom. The highest BCUT2D eigenvalue weighted by molar-refractivity contribution is 7.90. The predicted molar refractivity (Wildman–Crippen MR) is 130 cm³/mol. The minimum Gasteiger partial charge on any atom is -0.296 e. The average molecular weight is 443 g/mol. The second-order valence-corrected chi connectivity index (χ2v) is 10.8. The van der Waals surface area contributed by atoms with E-state index < -0.39 is 10.0 Å². The maximum absolute atomic E-state index is 14.0. The fourth-order valence-corrected chi connectivity index (χ4v) is 7.20. The van der Waals surface area contributed by atoms with Gasteiger partial charge in [0.1, 0.15) is 0 Å². The van der Waals surface area contributed by atoms with Crippen molar-refractivity contribution in [2.75, 3.05) is 13.1 Å². The van der Waals surface area contributed by atoms with Crippen molar-refractivity contribution in [3.8, 4) is 0 Å². The number of fused-ring (bicyclic) bond motifs is 3. The van der Waals surface area contributed by atoms with Gasteiger partial charge in [0, 0.05) is 35.1 Å². The molecule has 0 spiro atoms. The second-order valence-electron chi connectivity index (χ2n) is 9.02. The minimum absolute atomic E-state index is 0.349. The van der Waals surface area contributed by atoms with E-state index in [1.165, 1.54) is 28.9 Å². The summed E-state index contributed by atoms with van der Waals surface area (Å²) in [7, 11) is -3.77. The van der Waals surface area contributed by atoms with Gasteiger partial charge in [-0.1, -0.05) is 60.7 Å². The monoisotopic (exact) mass is 442 g/mol. The Bertz CT molecular complexity index is 1490. The molecule has 0 radical (unpaired) electrons. The van der Waals surface area contributed by atoms with Crippen LogP contribution >= 0.6 is 0 Å². The van der Waals surface area contributed by atoms with Crippen LogP contribution in [0, 0.1) is 6.92 Å². The fraction of sp³-hybridized carbons (Fsp3) is 0.259. The lowest BCUT2D eigenvalue weighted by molar-refractivity contribution is 0.275. The van der Waals surface area contributed by atoms with Gasteiger partial charge in [0.2, 0.25) is 0 Å². The molecular formula is C27H26N2O2S. The van der Waals surface area contributed by atoms with Crippen LogP contribution in [0.15, 0.2) is 77.8 Å². The summed E-state index contributed by atoms with van der Waals surface area (Å²) in [5.41, 5.74) is 4.08.